The zero-order valence-electron chi connectivity index (χ0n) is 14.4. The van der Waals surface area contributed by atoms with Crippen molar-refractivity contribution in [2.24, 2.45) is 17.3 Å². The molecule has 26 heavy (non-hydrogen) atoms. The van der Waals surface area contributed by atoms with Crippen molar-refractivity contribution < 1.29 is 23.1 Å². The summed E-state index contributed by atoms with van der Waals surface area (Å²) in [6, 6.07) is 0.689. The maximum absolute atomic E-state index is 13.4. The lowest BCUT2D eigenvalue weighted by Gasteiger charge is -2.60. The summed E-state index contributed by atoms with van der Waals surface area (Å²) in [4.78, 5) is 16.3. The first-order valence-electron chi connectivity index (χ1n) is 9.15. The minimum Gasteiger partial charge on any atom is -0.390 e. The Balaban J connectivity index is 1.49. The van der Waals surface area contributed by atoms with Crippen molar-refractivity contribution in [1.29, 1.82) is 0 Å². The lowest BCUT2D eigenvalue weighted by atomic mass is 9.47. The van der Waals surface area contributed by atoms with Crippen LogP contribution >= 0.6 is 0 Å². The third kappa shape index (κ3) is 3.33. The van der Waals surface area contributed by atoms with E-state index in [1.807, 2.05) is 0 Å². The summed E-state index contributed by atoms with van der Waals surface area (Å²) >= 11 is 0. The number of nitrogens with zero attached hydrogens (tertiary/aromatic N) is 1. The summed E-state index contributed by atoms with van der Waals surface area (Å²) < 4.78 is 40.3. The molecule has 2 N–H and O–H groups in total. The van der Waals surface area contributed by atoms with Crippen molar-refractivity contribution in [1.82, 2.24) is 10.3 Å². The van der Waals surface area contributed by atoms with E-state index in [4.69, 9.17) is 0 Å². The Hall–Kier alpha value is -1.63. The molecule has 5 rings (SSSR count). The molecule has 1 amide bonds. The summed E-state index contributed by atoms with van der Waals surface area (Å²) in [5, 5.41) is 12.9. The van der Waals surface area contributed by atoms with E-state index in [1.165, 1.54) is 18.3 Å². The number of amides is 1. The van der Waals surface area contributed by atoms with Gasteiger partial charge in [-0.05, 0) is 61.8 Å². The molecule has 1 aromatic rings. The van der Waals surface area contributed by atoms with Crippen molar-refractivity contribution in [3.8, 4) is 0 Å². The predicted molar refractivity (Wildman–Crippen MR) is 87.9 cm³/mol. The molecule has 7 heteroatoms. The summed E-state index contributed by atoms with van der Waals surface area (Å²) in [5.74, 6) is 0.193. The van der Waals surface area contributed by atoms with Crippen molar-refractivity contribution in [2.45, 2.75) is 62.8 Å². The molecule has 4 bridgehead atoms. The van der Waals surface area contributed by atoms with Gasteiger partial charge < -0.3 is 10.4 Å². The zero-order valence-corrected chi connectivity index (χ0v) is 14.4. The lowest BCUT2D eigenvalue weighted by molar-refractivity contribution is -0.176. The topological polar surface area (TPSA) is 62.2 Å². The number of alkyl halides is 3. The Morgan fingerprint density at radius 2 is 2.00 bits per heavy atom. The van der Waals surface area contributed by atoms with Crippen LogP contribution in [0.25, 0.3) is 0 Å². The summed E-state index contributed by atoms with van der Waals surface area (Å²) in [7, 11) is 0. The molecule has 3 atom stereocenters. The third-order valence-electron chi connectivity index (χ3n) is 6.34. The lowest BCUT2D eigenvalue weighted by Crippen LogP contribution is -2.56. The quantitative estimate of drug-likeness (QED) is 0.855. The van der Waals surface area contributed by atoms with Crippen molar-refractivity contribution in [3.63, 3.8) is 0 Å². The normalized spacial score (nSPS) is 36.8. The van der Waals surface area contributed by atoms with Crippen LogP contribution in [-0.2, 0) is 4.79 Å². The third-order valence-corrected chi connectivity index (χ3v) is 6.34. The van der Waals surface area contributed by atoms with Gasteiger partial charge >= 0.3 is 6.18 Å². The highest BCUT2D eigenvalue weighted by atomic mass is 19.4. The standard InChI is InChI=1S/C19H23F3N2O2/c20-19(21,22)16(14-2-1-3-23-10-14)24-15(25)9-17-5-12-4-13(6-17)8-18(26,7-12)11-17/h1-3,10,12-13,16,26H,4-9,11H2,(H,24,25)/t12-,13-,16+,17?,18?/m0/s1. The SMILES string of the molecule is O=C(CC12C[C@@H]3C[C@H](CC(O)(C3)C1)C2)N[C@H](c1cccnc1)C(F)(F)F. The molecule has 4 aliphatic carbocycles. The number of rotatable bonds is 4. The molecule has 1 heterocycles. The van der Waals surface area contributed by atoms with Crippen molar-refractivity contribution in [3.05, 3.63) is 30.1 Å². The van der Waals surface area contributed by atoms with Crippen molar-refractivity contribution >= 4 is 5.91 Å². The molecule has 0 aromatic carbocycles. The van der Waals surface area contributed by atoms with Crippen molar-refractivity contribution in [2.75, 3.05) is 0 Å². The molecule has 0 unspecified atom stereocenters. The second kappa shape index (κ2) is 5.94. The van der Waals surface area contributed by atoms with Crippen LogP contribution in [0.2, 0.25) is 0 Å². The molecule has 142 valence electrons. The molecule has 4 fully saturated rings. The molecule has 0 radical (unpaired) electrons. The van der Waals surface area contributed by atoms with Gasteiger partial charge in [-0.1, -0.05) is 6.07 Å². The summed E-state index contributed by atoms with van der Waals surface area (Å²) in [5.41, 5.74) is -1.15. The highest BCUT2D eigenvalue weighted by Gasteiger charge is 2.57. The number of aliphatic hydroxyl groups is 1. The minimum atomic E-state index is -4.58. The van der Waals surface area contributed by atoms with Gasteiger partial charge in [-0.15, -0.1) is 0 Å². The van der Waals surface area contributed by atoms with E-state index in [2.05, 4.69) is 10.3 Å². The van der Waals surface area contributed by atoms with E-state index in [0.717, 1.165) is 38.3 Å². The van der Waals surface area contributed by atoms with Gasteiger partial charge in [-0.2, -0.15) is 13.2 Å². The Kier molecular flexibility index (Phi) is 4.06. The van der Waals surface area contributed by atoms with Crippen LogP contribution in [0.5, 0.6) is 0 Å². The van der Waals surface area contributed by atoms with Crippen LogP contribution in [0, 0.1) is 17.3 Å². The van der Waals surface area contributed by atoms with Gasteiger partial charge in [0.25, 0.3) is 0 Å². The van der Waals surface area contributed by atoms with E-state index >= 15 is 0 Å². The monoisotopic (exact) mass is 368 g/mol. The number of hydrogen-bond donors (Lipinski definition) is 2. The Labute approximate surface area is 150 Å². The average molecular weight is 368 g/mol. The average Bonchev–Trinajstić information content (AvgIpc) is 2.49. The van der Waals surface area contributed by atoms with Gasteiger partial charge in [0.05, 0.1) is 5.60 Å². The largest absolute Gasteiger partial charge is 0.412 e. The summed E-state index contributed by atoms with van der Waals surface area (Å²) in [6.07, 6.45) is 2.82. The molecule has 0 spiro atoms. The highest BCUT2D eigenvalue weighted by molar-refractivity contribution is 5.77. The van der Waals surface area contributed by atoms with Gasteiger partial charge in [-0.25, -0.2) is 0 Å². The molecule has 0 aliphatic heterocycles. The zero-order chi connectivity index (χ0) is 18.6. The van der Waals surface area contributed by atoms with E-state index in [1.54, 1.807) is 0 Å². The minimum absolute atomic E-state index is 0.0507. The molecule has 4 nitrogen and oxygen atoms in total. The molecule has 4 aliphatic rings. The number of carbonyl (C=O) groups excluding carboxylic acids is 1. The number of hydrogen-bond acceptors (Lipinski definition) is 3. The van der Waals surface area contributed by atoms with E-state index in [-0.39, 0.29) is 17.4 Å². The first kappa shape index (κ1) is 17.8. The van der Waals surface area contributed by atoms with Crippen LogP contribution in [0.3, 0.4) is 0 Å². The Morgan fingerprint density at radius 1 is 1.31 bits per heavy atom. The highest BCUT2D eigenvalue weighted by Crippen LogP contribution is 2.62. The molecule has 4 saturated carbocycles. The van der Waals surface area contributed by atoms with E-state index in [9.17, 15) is 23.1 Å². The maximum Gasteiger partial charge on any atom is 0.412 e. The van der Waals surface area contributed by atoms with Crippen LogP contribution in [0.15, 0.2) is 24.5 Å². The van der Waals surface area contributed by atoms with Crippen LogP contribution in [0.1, 0.15) is 56.6 Å². The van der Waals surface area contributed by atoms with Gasteiger partial charge in [0, 0.05) is 24.4 Å². The van der Waals surface area contributed by atoms with Crippen LogP contribution in [0.4, 0.5) is 13.2 Å². The molecular weight excluding hydrogens is 345 g/mol. The Morgan fingerprint density at radius 3 is 2.54 bits per heavy atom. The van der Waals surface area contributed by atoms with E-state index < -0.39 is 23.7 Å². The fourth-order valence-electron chi connectivity index (χ4n) is 6.06. The maximum atomic E-state index is 13.4. The van der Waals surface area contributed by atoms with Crippen LogP contribution < -0.4 is 5.32 Å². The second-order valence-electron chi connectivity index (χ2n) is 8.69. The summed E-state index contributed by atoms with van der Waals surface area (Å²) in [6.45, 7) is 0. The number of nitrogens with one attached hydrogen (secondary N) is 1. The number of aromatic nitrogens is 1. The van der Waals surface area contributed by atoms with E-state index in [0.29, 0.717) is 18.3 Å². The smallest absolute Gasteiger partial charge is 0.390 e. The van der Waals surface area contributed by atoms with Gasteiger partial charge in [0.1, 0.15) is 0 Å². The fourth-order valence-corrected chi connectivity index (χ4v) is 6.06. The van der Waals surface area contributed by atoms with Gasteiger partial charge in [0.2, 0.25) is 5.91 Å². The number of pyridine rings is 1. The molecule has 0 saturated heterocycles. The van der Waals surface area contributed by atoms with Gasteiger partial charge in [0.15, 0.2) is 6.04 Å². The fraction of sp³-hybridized carbons (Fsp3) is 0.684. The number of carbonyl (C=O) groups is 1. The number of halogens is 3. The molecular formula is C19H23F3N2O2. The first-order chi connectivity index (χ1) is 12.2. The van der Waals surface area contributed by atoms with Crippen LogP contribution in [-0.4, -0.2) is 27.8 Å². The first-order valence-corrected chi connectivity index (χ1v) is 9.15. The molecule has 1 aromatic heterocycles. The second-order valence-corrected chi connectivity index (χ2v) is 8.69. The Bertz CT molecular complexity index is 678. The van der Waals surface area contributed by atoms with Gasteiger partial charge in [-0.3, -0.25) is 9.78 Å². The predicted octanol–water partition coefficient (Wildman–Crippen LogP) is 3.52.